The summed E-state index contributed by atoms with van der Waals surface area (Å²) in [7, 11) is 0. The molecule has 1 saturated carbocycles. The van der Waals surface area contributed by atoms with Crippen LogP contribution < -0.4 is 5.32 Å². The highest BCUT2D eigenvalue weighted by Gasteiger charge is 2.51. The van der Waals surface area contributed by atoms with Crippen LogP contribution in [-0.4, -0.2) is 17.6 Å². The fourth-order valence-electron chi connectivity index (χ4n) is 0.968. The van der Waals surface area contributed by atoms with Crippen LogP contribution in [0.5, 0.6) is 0 Å². The summed E-state index contributed by atoms with van der Waals surface area (Å²) < 4.78 is 13.3. The zero-order valence-corrected chi connectivity index (χ0v) is 8.86. The van der Waals surface area contributed by atoms with Gasteiger partial charge in [-0.1, -0.05) is 5.92 Å². The van der Waals surface area contributed by atoms with Crippen LogP contribution in [0.15, 0.2) is 0 Å². The molecule has 1 atom stereocenters. The van der Waals surface area contributed by atoms with Gasteiger partial charge in [0.1, 0.15) is 0 Å². The molecule has 0 aromatic heterocycles. The molecular formula is C11H16FNO. The normalized spacial score (nSPS) is 20.8. The van der Waals surface area contributed by atoms with Crippen molar-refractivity contribution in [3.8, 4) is 12.3 Å². The van der Waals surface area contributed by atoms with Crippen LogP contribution in [0.3, 0.4) is 0 Å². The largest absolute Gasteiger partial charge is 0.349 e. The number of rotatable bonds is 3. The van der Waals surface area contributed by atoms with Crippen LogP contribution in [0.2, 0.25) is 0 Å². The molecule has 14 heavy (non-hydrogen) atoms. The molecule has 0 aliphatic heterocycles. The number of carbonyl (C=O) groups excluding carboxylic acids is 1. The van der Waals surface area contributed by atoms with E-state index in [-0.39, 0.29) is 6.04 Å². The number of carbonyl (C=O) groups is 1. The van der Waals surface area contributed by atoms with Crippen molar-refractivity contribution in [2.24, 2.45) is 5.41 Å². The highest BCUT2D eigenvalue weighted by Crippen LogP contribution is 2.40. The summed E-state index contributed by atoms with van der Waals surface area (Å²) in [5.74, 6) is 2.06. The van der Waals surface area contributed by atoms with Crippen LogP contribution in [-0.2, 0) is 4.79 Å². The highest BCUT2D eigenvalue weighted by atomic mass is 19.1. The van der Waals surface area contributed by atoms with Crippen molar-refractivity contribution in [2.75, 3.05) is 0 Å². The molecule has 1 N–H and O–H groups in total. The van der Waals surface area contributed by atoms with Gasteiger partial charge in [0.2, 0.25) is 0 Å². The third kappa shape index (κ3) is 2.06. The van der Waals surface area contributed by atoms with E-state index in [0.717, 1.165) is 0 Å². The summed E-state index contributed by atoms with van der Waals surface area (Å²) >= 11 is 0. The average molecular weight is 197 g/mol. The lowest BCUT2D eigenvalue weighted by Crippen LogP contribution is -2.46. The van der Waals surface area contributed by atoms with Gasteiger partial charge in [-0.2, -0.15) is 0 Å². The second-order valence-electron chi connectivity index (χ2n) is 4.53. The van der Waals surface area contributed by atoms with E-state index in [1.165, 1.54) is 0 Å². The average Bonchev–Trinajstić information content (AvgIpc) is 2.85. The zero-order valence-electron chi connectivity index (χ0n) is 8.86. The van der Waals surface area contributed by atoms with Crippen molar-refractivity contribution < 1.29 is 9.18 Å². The standard InChI is InChI=1S/C11H16FNO/c1-5-10(3,4)8(2)13-9(14)11(12)6-7-11/h1,8H,6-7H2,2-4H3,(H,13,14). The quantitative estimate of drug-likeness (QED) is 0.685. The van der Waals surface area contributed by atoms with Crippen molar-refractivity contribution in [3.63, 3.8) is 0 Å². The number of hydrogen-bond donors (Lipinski definition) is 1. The molecule has 0 heterocycles. The number of alkyl halides is 1. The van der Waals surface area contributed by atoms with E-state index >= 15 is 0 Å². The minimum absolute atomic E-state index is 0.215. The molecule has 0 aromatic carbocycles. The van der Waals surface area contributed by atoms with Gasteiger partial charge in [0.15, 0.2) is 5.67 Å². The molecule has 0 spiro atoms. The Morgan fingerprint density at radius 3 is 2.50 bits per heavy atom. The molecule has 1 amide bonds. The van der Waals surface area contributed by atoms with Crippen LogP contribution >= 0.6 is 0 Å². The Bertz CT molecular complexity index is 286. The Balaban J connectivity index is 2.53. The predicted molar refractivity (Wildman–Crippen MR) is 53.3 cm³/mol. The van der Waals surface area contributed by atoms with E-state index < -0.39 is 17.0 Å². The Morgan fingerprint density at radius 2 is 2.14 bits per heavy atom. The molecule has 1 aliphatic carbocycles. The predicted octanol–water partition coefficient (Wildman–Crippen LogP) is 1.65. The van der Waals surface area contributed by atoms with Crippen molar-refractivity contribution in [1.82, 2.24) is 5.32 Å². The van der Waals surface area contributed by atoms with E-state index in [2.05, 4.69) is 11.2 Å². The lowest BCUT2D eigenvalue weighted by Gasteiger charge is -2.27. The Kier molecular flexibility index (Phi) is 2.58. The summed E-state index contributed by atoms with van der Waals surface area (Å²) in [6.45, 7) is 5.48. The molecule has 78 valence electrons. The molecule has 0 saturated heterocycles. The molecule has 0 aromatic rings. The van der Waals surface area contributed by atoms with Crippen molar-refractivity contribution in [2.45, 2.75) is 45.3 Å². The Morgan fingerprint density at radius 1 is 1.64 bits per heavy atom. The van der Waals surface area contributed by atoms with E-state index in [1.807, 2.05) is 13.8 Å². The maximum absolute atomic E-state index is 13.3. The highest BCUT2D eigenvalue weighted by molar-refractivity contribution is 5.88. The van der Waals surface area contributed by atoms with Gasteiger partial charge in [-0.05, 0) is 33.6 Å². The fraction of sp³-hybridized carbons (Fsp3) is 0.727. The van der Waals surface area contributed by atoms with Gasteiger partial charge in [0.25, 0.3) is 5.91 Å². The van der Waals surface area contributed by atoms with Crippen molar-refractivity contribution in [1.29, 1.82) is 0 Å². The molecule has 1 fully saturated rings. The monoisotopic (exact) mass is 197 g/mol. The van der Waals surface area contributed by atoms with Gasteiger partial charge in [0.05, 0.1) is 0 Å². The van der Waals surface area contributed by atoms with Gasteiger partial charge in [-0.15, -0.1) is 6.42 Å². The van der Waals surface area contributed by atoms with E-state index in [4.69, 9.17) is 6.42 Å². The van der Waals surface area contributed by atoms with E-state index in [0.29, 0.717) is 12.8 Å². The molecule has 0 bridgehead atoms. The SMILES string of the molecule is C#CC(C)(C)C(C)NC(=O)C1(F)CC1. The minimum Gasteiger partial charge on any atom is -0.349 e. The number of hydrogen-bond acceptors (Lipinski definition) is 1. The minimum atomic E-state index is -1.61. The maximum Gasteiger partial charge on any atom is 0.257 e. The van der Waals surface area contributed by atoms with Gasteiger partial charge in [-0.3, -0.25) is 4.79 Å². The lowest BCUT2D eigenvalue weighted by atomic mass is 9.86. The Labute approximate surface area is 84.3 Å². The first-order valence-corrected chi connectivity index (χ1v) is 4.79. The van der Waals surface area contributed by atoms with Crippen molar-refractivity contribution in [3.05, 3.63) is 0 Å². The summed E-state index contributed by atoms with van der Waals surface area (Å²) in [6.07, 6.45) is 5.98. The lowest BCUT2D eigenvalue weighted by molar-refractivity contribution is -0.128. The zero-order chi connectivity index (χ0) is 11.0. The van der Waals surface area contributed by atoms with Crippen LogP contribution in [0.1, 0.15) is 33.6 Å². The first-order chi connectivity index (χ1) is 6.32. The maximum atomic E-state index is 13.3. The third-order valence-electron chi connectivity index (χ3n) is 2.90. The van der Waals surface area contributed by atoms with Gasteiger partial charge >= 0.3 is 0 Å². The summed E-state index contributed by atoms with van der Waals surface area (Å²) in [5.41, 5.74) is -2.06. The summed E-state index contributed by atoms with van der Waals surface area (Å²) in [5, 5.41) is 2.62. The second kappa shape index (κ2) is 3.27. The van der Waals surface area contributed by atoms with Crippen LogP contribution in [0.4, 0.5) is 4.39 Å². The number of nitrogens with one attached hydrogen (secondary N) is 1. The first-order valence-electron chi connectivity index (χ1n) is 4.79. The molecular weight excluding hydrogens is 181 g/mol. The Hall–Kier alpha value is -1.04. The van der Waals surface area contributed by atoms with E-state index in [1.54, 1.807) is 6.92 Å². The number of terminal acetylenes is 1. The van der Waals surface area contributed by atoms with Gasteiger partial charge in [0, 0.05) is 11.5 Å². The molecule has 2 nitrogen and oxygen atoms in total. The van der Waals surface area contributed by atoms with E-state index in [9.17, 15) is 9.18 Å². The smallest absolute Gasteiger partial charge is 0.257 e. The fourth-order valence-corrected chi connectivity index (χ4v) is 0.968. The third-order valence-corrected chi connectivity index (χ3v) is 2.90. The van der Waals surface area contributed by atoms with Crippen molar-refractivity contribution >= 4 is 5.91 Å². The molecule has 3 heteroatoms. The molecule has 1 aliphatic rings. The number of amides is 1. The van der Waals surface area contributed by atoms with Crippen LogP contribution in [0, 0.1) is 17.8 Å². The number of halogens is 1. The topological polar surface area (TPSA) is 29.1 Å². The summed E-state index contributed by atoms with van der Waals surface area (Å²) in [6, 6.07) is -0.215. The van der Waals surface area contributed by atoms with Gasteiger partial charge < -0.3 is 5.32 Å². The molecule has 0 radical (unpaired) electrons. The molecule has 1 unspecified atom stereocenters. The second-order valence-corrected chi connectivity index (χ2v) is 4.53. The molecule has 1 rings (SSSR count). The van der Waals surface area contributed by atoms with Crippen LogP contribution in [0.25, 0.3) is 0 Å². The summed E-state index contributed by atoms with van der Waals surface area (Å²) in [4.78, 5) is 11.3. The van der Waals surface area contributed by atoms with Gasteiger partial charge in [-0.25, -0.2) is 4.39 Å². The first kappa shape index (κ1) is 11.0.